The number of nitrogens with one attached hydrogen (secondary N) is 1. The van der Waals surface area contributed by atoms with Gasteiger partial charge in [0.15, 0.2) is 0 Å². The zero-order valence-corrected chi connectivity index (χ0v) is 10.5. The fourth-order valence-corrected chi connectivity index (χ4v) is 3.51. The van der Waals surface area contributed by atoms with Gasteiger partial charge in [-0.15, -0.1) is 11.3 Å². The number of fused-ring (bicyclic) bond motifs is 1. The van der Waals surface area contributed by atoms with E-state index in [1.807, 2.05) is 0 Å². The van der Waals surface area contributed by atoms with Crippen molar-refractivity contribution in [1.82, 2.24) is 5.32 Å². The van der Waals surface area contributed by atoms with Crippen molar-refractivity contribution < 1.29 is 5.11 Å². The number of benzene rings is 1. The highest BCUT2D eigenvalue weighted by Crippen LogP contribution is 2.26. The summed E-state index contributed by atoms with van der Waals surface area (Å²) in [5.41, 5.74) is 1.36. The van der Waals surface area contributed by atoms with Crippen LogP contribution in [0.3, 0.4) is 0 Å². The maximum absolute atomic E-state index is 11.3. The van der Waals surface area contributed by atoms with Gasteiger partial charge in [-0.3, -0.25) is 0 Å². The van der Waals surface area contributed by atoms with Crippen molar-refractivity contribution in [1.29, 1.82) is 0 Å². The van der Waals surface area contributed by atoms with E-state index in [0.717, 1.165) is 25.8 Å². The van der Waals surface area contributed by atoms with E-state index in [0.29, 0.717) is 6.04 Å². The third kappa shape index (κ3) is 2.37. The van der Waals surface area contributed by atoms with Crippen LogP contribution in [0, 0.1) is 0 Å². The van der Waals surface area contributed by atoms with Crippen LogP contribution in [0.4, 0.5) is 0 Å². The number of thiophene rings is 1. The fourth-order valence-electron chi connectivity index (χ4n) is 2.55. The Balaban J connectivity index is 1.69. The number of hydrogen-bond acceptors (Lipinski definition) is 2. The average Bonchev–Trinajstić information content (AvgIpc) is 2.93. The standard InChI is InChI=1S/C14H16NOS/c16-12-6-5-11(7-12)15-8-10-9-17-14-4-2-1-3-13(10)14/h1-4,9,11-12,15H,5-8H2. The van der Waals surface area contributed by atoms with Crippen molar-refractivity contribution in [3.63, 3.8) is 0 Å². The molecule has 1 saturated carbocycles. The Hall–Kier alpha value is -0.900. The van der Waals surface area contributed by atoms with Gasteiger partial charge in [0.25, 0.3) is 0 Å². The van der Waals surface area contributed by atoms with Gasteiger partial charge in [-0.05, 0) is 41.7 Å². The van der Waals surface area contributed by atoms with Crippen LogP contribution in [-0.2, 0) is 11.7 Å². The topological polar surface area (TPSA) is 31.9 Å². The molecule has 1 aromatic heterocycles. The van der Waals surface area contributed by atoms with Crippen LogP contribution in [0.15, 0.2) is 29.6 Å². The van der Waals surface area contributed by atoms with Crippen LogP contribution in [0.1, 0.15) is 24.8 Å². The second-order valence-corrected chi connectivity index (χ2v) is 5.68. The summed E-state index contributed by atoms with van der Waals surface area (Å²) in [6.45, 7) is 0.890. The molecular formula is C14H16NOS. The first-order valence-corrected chi connectivity index (χ1v) is 7.05. The quantitative estimate of drug-likeness (QED) is 0.885. The molecule has 1 N–H and O–H groups in total. The summed E-state index contributed by atoms with van der Waals surface area (Å²) in [6.07, 6.45) is 2.33. The van der Waals surface area contributed by atoms with Gasteiger partial charge in [0, 0.05) is 17.3 Å². The first-order valence-electron chi connectivity index (χ1n) is 6.17. The van der Waals surface area contributed by atoms with Crippen molar-refractivity contribution in [3.8, 4) is 0 Å². The molecule has 1 radical (unpaired) electrons. The van der Waals surface area contributed by atoms with Crippen molar-refractivity contribution in [2.75, 3.05) is 0 Å². The summed E-state index contributed by atoms with van der Waals surface area (Å²) in [4.78, 5) is 0. The van der Waals surface area contributed by atoms with Gasteiger partial charge in [0.2, 0.25) is 0 Å². The molecule has 2 nitrogen and oxygen atoms in total. The third-order valence-corrected chi connectivity index (χ3v) is 4.54. The Morgan fingerprint density at radius 1 is 1.29 bits per heavy atom. The molecule has 0 bridgehead atoms. The van der Waals surface area contributed by atoms with Gasteiger partial charge >= 0.3 is 0 Å². The van der Waals surface area contributed by atoms with E-state index in [9.17, 15) is 5.11 Å². The summed E-state index contributed by atoms with van der Waals surface area (Å²) in [6, 6.07) is 8.92. The first-order chi connectivity index (χ1) is 8.33. The Morgan fingerprint density at radius 3 is 3.00 bits per heavy atom. The fraction of sp³-hybridized carbons (Fsp3) is 0.429. The first kappa shape index (κ1) is 11.2. The van der Waals surface area contributed by atoms with Crippen LogP contribution >= 0.6 is 11.3 Å². The zero-order chi connectivity index (χ0) is 11.7. The van der Waals surface area contributed by atoms with Crippen LogP contribution in [-0.4, -0.2) is 12.1 Å². The highest BCUT2D eigenvalue weighted by molar-refractivity contribution is 7.17. The molecule has 1 fully saturated rings. The number of hydrogen-bond donors (Lipinski definition) is 1. The molecule has 1 aliphatic carbocycles. The molecule has 2 atom stereocenters. The van der Waals surface area contributed by atoms with E-state index >= 15 is 0 Å². The van der Waals surface area contributed by atoms with E-state index in [4.69, 9.17) is 0 Å². The molecule has 17 heavy (non-hydrogen) atoms. The van der Waals surface area contributed by atoms with Crippen molar-refractivity contribution in [2.45, 2.75) is 38.0 Å². The minimum atomic E-state index is -0.341. The lowest BCUT2D eigenvalue weighted by Crippen LogP contribution is -2.26. The van der Waals surface area contributed by atoms with Gasteiger partial charge < -0.3 is 5.32 Å². The average molecular weight is 246 g/mol. The molecule has 0 aliphatic heterocycles. The molecule has 0 saturated heterocycles. The Labute approximate surface area is 105 Å². The molecular weight excluding hydrogens is 230 g/mol. The lowest BCUT2D eigenvalue weighted by atomic mass is 10.1. The monoisotopic (exact) mass is 246 g/mol. The molecule has 2 unspecified atom stereocenters. The summed E-state index contributed by atoms with van der Waals surface area (Å²) in [7, 11) is 0. The normalized spacial score (nSPS) is 24.5. The van der Waals surface area contributed by atoms with Crippen molar-refractivity contribution in [2.24, 2.45) is 0 Å². The van der Waals surface area contributed by atoms with E-state index in [1.54, 1.807) is 11.3 Å². The maximum Gasteiger partial charge on any atom is 0.0945 e. The smallest absolute Gasteiger partial charge is 0.0945 e. The largest absolute Gasteiger partial charge is 0.310 e. The van der Waals surface area contributed by atoms with Crippen molar-refractivity contribution in [3.05, 3.63) is 35.2 Å². The highest BCUT2D eigenvalue weighted by atomic mass is 32.1. The van der Waals surface area contributed by atoms with E-state index in [2.05, 4.69) is 35.0 Å². The van der Waals surface area contributed by atoms with Crippen LogP contribution < -0.4 is 5.32 Å². The lowest BCUT2D eigenvalue weighted by molar-refractivity contribution is 0.0932. The second-order valence-electron chi connectivity index (χ2n) is 4.77. The van der Waals surface area contributed by atoms with Gasteiger partial charge in [-0.1, -0.05) is 18.2 Å². The van der Waals surface area contributed by atoms with Crippen LogP contribution in [0.25, 0.3) is 10.1 Å². The molecule has 3 rings (SSSR count). The molecule has 1 heterocycles. The van der Waals surface area contributed by atoms with E-state index in [-0.39, 0.29) is 6.10 Å². The Kier molecular flexibility index (Phi) is 3.14. The Bertz CT molecular complexity index is 508. The second kappa shape index (κ2) is 4.77. The molecule has 3 heteroatoms. The van der Waals surface area contributed by atoms with Crippen molar-refractivity contribution >= 4 is 21.4 Å². The molecule has 89 valence electrons. The number of rotatable bonds is 3. The van der Waals surface area contributed by atoms with E-state index in [1.165, 1.54) is 15.6 Å². The van der Waals surface area contributed by atoms with E-state index < -0.39 is 0 Å². The maximum atomic E-state index is 11.3. The molecule has 0 amide bonds. The third-order valence-electron chi connectivity index (χ3n) is 3.53. The molecule has 1 aromatic carbocycles. The molecule has 0 spiro atoms. The summed E-state index contributed by atoms with van der Waals surface area (Å²) in [5, 5.41) is 18.4. The van der Waals surface area contributed by atoms with Crippen LogP contribution in [0.2, 0.25) is 0 Å². The SMILES string of the molecule is [O]C1CCC(NCc2csc3ccccc23)C1. The van der Waals surface area contributed by atoms with Gasteiger partial charge in [-0.2, -0.15) is 0 Å². The highest BCUT2D eigenvalue weighted by Gasteiger charge is 2.23. The Morgan fingerprint density at radius 2 is 2.18 bits per heavy atom. The summed E-state index contributed by atoms with van der Waals surface area (Å²) in [5.74, 6) is 0. The van der Waals surface area contributed by atoms with Gasteiger partial charge in [0.1, 0.15) is 0 Å². The van der Waals surface area contributed by atoms with Gasteiger partial charge in [0.05, 0.1) is 6.10 Å². The summed E-state index contributed by atoms with van der Waals surface area (Å²) < 4.78 is 1.34. The van der Waals surface area contributed by atoms with Gasteiger partial charge in [-0.25, -0.2) is 5.11 Å². The predicted octanol–water partition coefficient (Wildman–Crippen LogP) is 3.34. The molecule has 2 aromatic rings. The summed E-state index contributed by atoms with van der Waals surface area (Å²) >= 11 is 1.80. The minimum Gasteiger partial charge on any atom is -0.310 e. The zero-order valence-electron chi connectivity index (χ0n) is 9.69. The van der Waals surface area contributed by atoms with Crippen LogP contribution in [0.5, 0.6) is 0 Å². The predicted molar refractivity (Wildman–Crippen MR) is 70.8 cm³/mol. The molecule has 1 aliphatic rings. The minimum absolute atomic E-state index is 0.341. The lowest BCUT2D eigenvalue weighted by Gasteiger charge is -2.11.